The smallest absolute Gasteiger partial charge is 0.250 e. The van der Waals surface area contributed by atoms with Crippen molar-refractivity contribution in [2.24, 2.45) is 11.7 Å². The van der Waals surface area contributed by atoms with Gasteiger partial charge < -0.3 is 21.5 Å². The van der Waals surface area contributed by atoms with Gasteiger partial charge in [0.2, 0.25) is 0 Å². The number of rotatable bonds is 5. The lowest BCUT2D eigenvalue weighted by atomic mass is 10.1. The number of carbonyl (C=O) groups excluding carboxylic acids is 1. The number of amides is 1. The van der Waals surface area contributed by atoms with E-state index in [0.717, 1.165) is 32.1 Å². The Balaban J connectivity index is 1.98. The molecule has 1 amide bonds. The number of nitrogens with two attached hydrogens (primary N) is 2. The van der Waals surface area contributed by atoms with Crippen molar-refractivity contribution in [3.63, 3.8) is 0 Å². The maximum atomic E-state index is 13.7. The fourth-order valence-corrected chi connectivity index (χ4v) is 2.16. The van der Waals surface area contributed by atoms with Gasteiger partial charge in [0, 0.05) is 25.4 Å². The molecule has 0 aliphatic carbocycles. The van der Waals surface area contributed by atoms with Gasteiger partial charge in [-0.05, 0) is 30.9 Å². The average Bonchev–Trinajstić information content (AvgIpc) is 2.84. The van der Waals surface area contributed by atoms with Gasteiger partial charge in [0.15, 0.2) is 0 Å². The Labute approximate surface area is 111 Å². The molecule has 19 heavy (non-hydrogen) atoms. The Morgan fingerprint density at radius 2 is 2.32 bits per heavy atom. The van der Waals surface area contributed by atoms with Crippen LogP contribution in [-0.4, -0.2) is 25.7 Å². The Bertz CT molecular complexity index is 473. The topological polar surface area (TPSA) is 90.4 Å². The molecule has 5 nitrogen and oxygen atoms in total. The van der Waals surface area contributed by atoms with Crippen LogP contribution >= 0.6 is 0 Å². The van der Waals surface area contributed by atoms with Crippen LogP contribution in [0, 0.1) is 11.7 Å². The second-order valence-corrected chi connectivity index (χ2v) is 4.73. The summed E-state index contributed by atoms with van der Waals surface area (Å²) in [4.78, 5) is 11.1. The first-order chi connectivity index (χ1) is 9.08. The molecular weight excluding hydrogens is 249 g/mol. The normalized spacial score (nSPS) is 18.5. The van der Waals surface area contributed by atoms with E-state index >= 15 is 0 Å². The molecule has 1 aliphatic rings. The van der Waals surface area contributed by atoms with E-state index in [4.69, 9.17) is 16.2 Å². The molecular formula is C13H18FN3O2. The van der Waals surface area contributed by atoms with Crippen molar-refractivity contribution in [3.8, 4) is 0 Å². The highest BCUT2D eigenvalue weighted by Crippen LogP contribution is 2.23. The number of hydrogen-bond acceptors (Lipinski definition) is 4. The number of benzene rings is 1. The first-order valence-corrected chi connectivity index (χ1v) is 6.28. The predicted molar refractivity (Wildman–Crippen MR) is 71.4 cm³/mol. The monoisotopic (exact) mass is 267 g/mol. The molecule has 1 heterocycles. The fraction of sp³-hybridized carbons (Fsp3) is 0.462. The third-order valence-electron chi connectivity index (χ3n) is 3.30. The van der Waals surface area contributed by atoms with Gasteiger partial charge in [-0.3, -0.25) is 4.79 Å². The van der Waals surface area contributed by atoms with Crippen molar-refractivity contribution in [2.75, 3.05) is 30.8 Å². The van der Waals surface area contributed by atoms with Crippen LogP contribution in [0.25, 0.3) is 0 Å². The zero-order chi connectivity index (χ0) is 13.8. The van der Waals surface area contributed by atoms with E-state index in [0.29, 0.717) is 12.5 Å². The number of primary amides is 1. The minimum Gasteiger partial charge on any atom is -0.398 e. The third-order valence-corrected chi connectivity index (χ3v) is 3.30. The molecule has 104 valence electrons. The summed E-state index contributed by atoms with van der Waals surface area (Å²) in [5.41, 5.74) is 11.1. The Hall–Kier alpha value is -1.82. The van der Waals surface area contributed by atoms with Gasteiger partial charge in [-0.15, -0.1) is 0 Å². The molecule has 0 aromatic heterocycles. The first-order valence-electron chi connectivity index (χ1n) is 6.28. The Kier molecular flexibility index (Phi) is 4.21. The minimum atomic E-state index is -0.662. The predicted octanol–water partition coefficient (Wildman–Crippen LogP) is 1.35. The SMILES string of the molecule is NC(=O)c1cc(NCCC2CCOC2)c(F)cc1N. The molecule has 1 aliphatic heterocycles. The van der Waals surface area contributed by atoms with Gasteiger partial charge in [-0.25, -0.2) is 4.39 Å². The molecule has 0 saturated carbocycles. The zero-order valence-electron chi connectivity index (χ0n) is 10.6. The van der Waals surface area contributed by atoms with Gasteiger partial charge in [-0.2, -0.15) is 0 Å². The summed E-state index contributed by atoms with van der Waals surface area (Å²) in [6.07, 6.45) is 1.94. The van der Waals surface area contributed by atoms with Crippen LogP contribution in [-0.2, 0) is 4.74 Å². The van der Waals surface area contributed by atoms with Crippen LogP contribution < -0.4 is 16.8 Å². The number of anilines is 2. The molecule has 0 spiro atoms. The summed E-state index contributed by atoms with van der Waals surface area (Å²) in [6, 6.07) is 2.47. The van der Waals surface area contributed by atoms with E-state index in [1.165, 1.54) is 6.07 Å². The van der Waals surface area contributed by atoms with Crippen LogP contribution in [0.1, 0.15) is 23.2 Å². The van der Waals surface area contributed by atoms with Crippen molar-refractivity contribution in [1.82, 2.24) is 0 Å². The molecule has 1 fully saturated rings. The average molecular weight is 267 g/mol. The van der Waals surface area contributed by atoms with Crippen LogP contribution in [0.5, 0.6) is 0 Å². The lowest BCUT2D eigenvalue weighted by Crippen LogP contribution is -2.15. The summed E-state index contributed by atoms with van der Waals surface area (Å²) >= 11 is 0. The van der Waals surface area contributed by atoms with Crippen LogP contribution in [0.3, 0.4) is 0 Å². The van der Waals surface area contributed by atoms with Crippen molar-refractivity contribution in [3.05, 3.63) is 23.5 Å². The van der Waals surface area contributed by atoms with Crippen molar-refractivity contribution in [2.45, 2.75) is 12.8 Å². The number of halogens is 1. The minimum absolute atomic E-state index is 0.0553. The summed E-state index contributed by atoms with van der Waals surface area (Å²) in [5, 5.41) is 2.97. The molecule has 6 heteroatoms. The second kappa shape index (κ2) is 5.88. The summed E-state index contributed by atoms with van der Waals surface area (Å²) in [6.45, 7) is 2.18. The fourth-order valence-electron chi connectivity index (χ4n) is 2.16. The van der Waals surface area contributed by atoms with Gasteiger partial charge in [-0.1, -0.05) is 0 Å². The Morgan fingerprint density at radius 1 is 1.53 bits per heavy atom. The molecule has 1 aromatic carbocycles. The molecule has 5 N–H and O–H groups in total. The van der Waals surface area contributed by atoms with Crippen molar-refractivity contribution < 1.29 is 13.9 Å². The molecule has 1 atom stereocenters. The van der Waals surface area contributed by atoms with E-state index in [1.807, 2.05) is 0 Å². The van der Waals surface area contributed by atoms with Gasteiger partial charge >= 0.3 is 0 Å². The summed E-state index contributed by atoms with van der Waals surface area (Å²) in [5.74, 6) is -0.630. The van der Waals surface area contributed by atoms with Crippen LogP contribution in [0.2, 0.25) is 0 Å². The number of nitrogens with one attached hydrogen (secondary N) is 1. The maximum Gasteiger partial charge on any atom is 0.250 e. The number of nitrogen functional groups attached to an aromatic ring is 1. The van der Waals surface area contributed by atoms with Crippen molar-refractivity contribution >= 4 is 17.3 Å². The van der Waals surface area contributed by atoms with E-state index in [-0.39, 0.29) is 16.9 Å². The zero-order valence-corrected chi connectivity index (χ0v) is 10.6. The highest BCUT2D eigenvalue weighted by molar-refractivity contribution is 5.99. The number of ether oxygens (including phenoxy) is 1. The summed E-state index contributed by atoms with van der Waals surface area (Å²) in [7, 11) is 0. The molecule has 0 bridgehead atoms. The molecule has 2 rings (SSSR count). The highest BCUT2D eigenvalue weighted by atomic mass is 19.1. The number of carbonyl (C=O) groups is 1. The lowest BCUT2D eigenvalue weighted by Gasteiger charge is -2.12. The standard InChI is InChI=1S/C13H18FN3O2/c14-10-6-11(15)9(13(16)18)5-12(10)17-3-1-8-2-4-19-7-8/h5-6,8,17H,1-4,7,15H2,(H2,16,18). The lowest BCUT2D eigenvalue weighted by molar-refractivity contribution is 0.100. The van der Waals surface area contributed by atoms with E-state index in [1.54, 1.807) is 0 Å². The highest BCUT2D eigenvalue weighted by Gasteiger charge is 2.16. The van der Waals surface area contributed by atoms with Gasteiger partial charge in [0.1, 0.15) is 5.82 Å². The molecule has 1 unspecified atom stereocenters. The third kappa shape index (κ3) is 3.35. The molecule has 0 radical (unpaired) electrons. The molecule has 1 aromatic rings. The first kappa shape index (κ1) is 13.6. The van der Waals surface area contributed by atoms with E-state index in [9.17, 15) is 9.18 Å². The largest absolute Gasteiger partial charge is 0.398 e. The second-order valence-electron chi connectivity index (χ2n) is 4.73. The maximum absolute atomic E-state index is 13.7. The van der Waals surface area contributed by atoms with Gasteiger partial charge in [0.05, 0.1) is 11.3 Å². The molecule has 1 saturated heterocycles. The van der Waals surface area contributed by atoms with Crippen molar-refractivity contribution in [1.29, 1.82) is 0 Å². The number of hydrogen-bond donors (Lipinski definition) is 3. The van der Waals surface area contributed by atoms with Crippen LogP contribution in [0.15, 0.2) is 12.1 Å². The quantitative estimate of drug-likeness (QED) is 0.702. The van der Waals surface area contributed by atoms with Crippen LogP contribution in [0.4, 0.5) is 15.8 Å². The van der Waals surface area contributed by atoms with Gasteiger partial charge in [0.25, 0.3) is 5.91 Å². The van der Waals surface area contributed by atoms with E-state index in [2.05, 4.69) is 5.32 Å². The Morgan fingerprint density at radius 3 is 2.95 bits per heavy atom. The summed E-state index contributed by atoms with van der Waals surface area (Å²) < 4.78 is 18.9. The van der Waals surface area contributed by atoms with E-state index < -0.39 is 11.7 Å².